The van der Waals surface area contributed by atoms with Gasteiger partial charge in [0, 0.05) is 18.9 Å². The number of hydrogen-bond donors (Lipinski definition) is 0. The van der Waals surface area contributed by atoms with Gasteiger partial charge >= 0.3 is 0 Å². The van der Waals surface area contributed by atoms with Gasteiger partial charge in [-0.05, 0) is 33.5 Å². The first-order valence-electron chi connectivity index (χ1n) is 5.49. The van der Waals surface area contributed by atoms with Crippen LogP contribution in [0.1, 0.15) is 5.56 Å². The SMILES string of the molecule is c1cn(Cc2ccc(-c3ccsc3)cc2)cn1. The fourth-order valence-electron chi connectivity index (χ4n) is 1.82. The molecule has 0 fully saturated rings. The van der Waals surface area contributed by atoms with Crippen molar-refractivity contribution in [1.29, 1.82) is 0 Å². The summed E-state index contributed by atoms with van der Waals surface area (Å²) in [6.07, 6.45) is 5.62. The fourth-order valence-corrected chi connectivity index (χ4v) is 2.49. The molecule has 0 N–H and O–H groups in total. The van der Waals surface area contributed by atoms with Crippen molar-refractivity contribution in [3.05, 3.63) is 65.4 Å². The Kier molecular flexibility index (Phi) is 2.76. The van der Waals surface area contributed by atoms with Gasteiger partial charge in [0.2, 0.25) is 0 Å². The van der Waals surface area contributed by atoms with Crippen molar-refractivity contribution in [3.63, 3.8) is 0 Å². The molecule has 0 radical (unpaired) electrons. The normalized spacial score (nSPS) is 10.6. The molecule has 0 amide bonds. The predicted molar refractivity (Wildman–Crippen MR) is 71.1 cm³/mol. The van der Waals surface area contributed by atoms with E-state index in [-0.39, 0.29) is 0 Å². The second-order valence-corrected chi connectivity index (χ2v) is 4.72. The monoisotopic (exact) mass is 240 g/mol. The highest BCUT2D eigenvalue weighted by Crippen LogP contribution is 2.22. The van der Waals surface area contributed by atoms with Crippen molar-refractivity contribution in [2.45, 2.75) is 6.54 Å². The molecule has 0 saturated heterocycles. The molecule has 2 aromatic heterocycles. The quantitative estimate of drug-likeness (QED) is 0.683. The van der Waals surface area contributed by atoms with Crippen LogP contribution in [0.2, 0.25) is 0 Å². The molecule has 3 rings (SSSR count). The zero-order valence-corrected chi connectivity index (χ0v) is 10.1. The Morgan fingerprint density at radius 2 is 1.94 bits per heavy atom. The lowest BCUT2D eigenvalue weighted by molar-refractivity contribution is 0.797. The van der Waals surface area contributed by atoms with Gasteiger partial charge in [-0.25, -0.2) is 4.98 Å². The molecule has 2 heterocycles. The molecule has 84 valence electrons. The summed E-state index contributed by atoms with van der Waals surface area (Å²) in [5.74, 6) is 0. The summed E-state index contributed by atoms with van der Waals surface area (Å²) in [6.45, 7) is 0.879. The van der Waals surface area contributed by atoms with Crippen LogP contribution in [0.15, 0.2) is 59.8 Å². The number of aromatic nitrogens is 2. The summed E-state index contributed by atoms with van der Waals surface area (Å²) >= 11 is 1.73. The zero-order valence-electron chi connectivity index (χ0n) is 9.28. The molecule has 1 aromatic carbocycles. The molecule has 0 unspecified atom stereocenters. The summed E-state index contributed by atoms with van der Waals surface area (Å²) in [5.41, 5.74) is 3.87. The average Bonchev–Trinajstić information content (AvgIpc) is 3.01. The van der Waals surface area contributed by atoms with Gasteiger partial charge in [0.1, 0.15) is 0 Å². The van der Waals surface area contributed by atoms with Gasteiger partial charge in [0.25, 0.3) is 0 Å². The second-order valence-electron chi connectivity index (χ2n) is 3.94. The van der Waals surface area contributed by atoms with Crippen LogP contribution < -0.4 is 0 Å². The number of rotatable bonds is 3. The summed E-state index contributed by atoms with van der Waals surface area (Å²) in [4.78, 5) is 4.04. The second kappa shape index (κ2) is 4.55. The van der Waals surface area contributed by atoms with Crippen LogP contribution in [-0.4, -0.2) is 9.55 Å². The van der Waals surface area contributed by atoms with E-state index in [1.807, 2.05) is 12.5 Å². The Morgan fingerprint density at radius 3 is 2.59 bits per heavy atom. The van der Waals surface area contributed by atoms with E-state index >= 15 is 0 Å². The first-order valence-corrected chi connectivity index (χ1v) is 6.43. The van der Waals surface area contributed by atoms with E-state index in [1.54, 1.807) is 17.5 Å². The van der Waals surface area contributed by atoms with E-state index in [0.29, 0.717) is 0 Å². The highest BCUT2D eigenvalue weighted by molar-refractivity contribution is 7.08. The number of imidazole rings is 1. The number of thiophene rings is 1. The maximum Gasteiger partial charge on any atom is 0.0949 e. The van der Waals surface area contributed by atoms with Crippen LogP contribution in [0, 0.1) is 0 Å². The standard InChI is InChI=1S/C14H12N2S/c1-3-13(14-5-8-17-10-14)4-2-12(1)9-16-7-6-15-11-16/h1-8,10-11H,9H2. The van der Waals surface area contributed by atoms with Crippen LogP contribution in [0.4, 0.5) is 0 Å². The lowest BCUT2D eigenvalue weighted by Gasteiger charge is -2.04. The Morgan fingerprint density at radius 1 is 1.06 bits per heavy atom. The smallest absolute Gasteiger partial charge is 0.0949 e. The molecule has 0 spiro atoms. The Labute approximate surface area is 104 Å². The third kappa shape index (κ3) is 2.29. The first kappa shape index (κ1) is 10.3. The average molecular weight is 240 g/mol. The molecule has 0 aliphatic heterocycles. The van der Waals surface area contributed by atoms with Gasteiger partial charge in [-0.1, -0.05) is 24.3 Å². The van der Waals surface area contributed by atoms with E-state index in [4.69, 9.17) is 0 Å². The van der Waals surface area contributed by atoms with Gasteiger partial charge < -0.3 is 4.57 Å². The zero-order chi connectivity index (χ0) is 11.5. The van der Waals surface area contributed by atoms with Gasteiger partial charge in [-0.3, -0.25) is 0 Å². The summed E-state index contributed by atoms with van der Waals surface area (Å²) in [6, 6.07) is 10.8. The molecule has 0 aliphatic rings. The largest absolute Gasteiger partial charge is 0.333 e. The van der Waals surface area contributed by atoms with Gasteiger partial charge in [0.05, 0.1) is 6.33 Å². The van der Waals surface area contributed by atoms with Crippen molar-refractivity contribution in [1.82, 2.24) is 9.55 Å². The van der Waals surface area contributed by atoms with Gasteiger partial charge in [0.15, 0.2) is 0 Å². The van der Waals surface area contributed by atoms with Crippen molar-refractivity contribution in [2.75, 3.05) is 0 Å². The molecule has 3 aromatic rings. The lowest BCUT2D eigenvalue weighted by atomic mass is 10.1. The molecule has 0 aliphatic carbocycles. The van der Waals surface area contributed by atoms with E-state index < -0.39 is 0 Å². The number of hydrogen-bond acceptors (Lipinski definition) is 2. The van der Waals surface area contributed by atoms with E-state index in [0.717, 1.165) is 6.54 Å². The molecule has 17 heavy (non-hydrogen) atoms. The van der Waals surface area contributed by atoms with Crippen molar-refractivity contribution in [2.24, 2.45) is 0 Å². The molecule has 0 bridgehead atoms. The van der Waals surface area contributed by atoms with Crippen LogP contribution in [-0.2, 0) is 6.54 Å². The molecule has 2 nitrogen and oxygen atoms in total. The number of benzene rings is 1. The highest BCUT2D eigenvalue weighted by atomic mass is 32.1. The Balaban J connectivity index is 1.81. The minimum absolute atomic E-state index is 0.879. The lowest BCUT2D eigenvalue weighted by Crippen LogP contribution is -1.95. The Hall–Kier alpha value is -1.87. The molecule has 0 saturated carbocycles. The third-order valence-corrected chi connectivity index (χ3v) is 3.42. The summed E-state index contributed by atoms with van der Waals surface area (Å²) in [5, 5.41) is 4.28. The topological polar surface area (TPSA) is 17.8 Å². The van der Waals surface area contributed by atoms with Crippen molar-refractivity contribution < 1.29 is 0 Å². The molecular formula is C14H12N2S. The van der Waals surface area contributed by atoms with Crippen molar-refractivity contribution >= 4 is 11.3 Å². The van der Waals surface area contributed by atoms with Crippen LogP contribution in [0.5, 0.6) is 0 Å². The van der Waals surface area contributed by atoms with Crippen LogP contribution in [0.3, 0.4) is 0 Å². The molecule has 0 atom stereocenters. The van der Waals surface area contributed by atoms with E-state index in [1.165, 1.54) is 16.7 Å². The van der Waals surface area contributed by atoms with Gasteiger partial charge in [-0.2, -0.15) is 11.3 Å². The maximum atomic E-state index is 4.04. The maximum absolute atomic E-state index is 4.04. The minimum Gasteiger partial charge on any atom is -0.333 e. The van der Waals surface area contributed by atoms with Crippen LogP contribution in [0.25, 0.3) is 11.1 Å². The summed E-state index contributed by atoms with van der Waals surface area (Å²) < 4.78 is 2.07. The fraction of sp³-hybridized carbons (Fsp3) is 0.0714. The predicted octanol–water partition coefficient (Wildman–Crippen LogP) is 3.66. The van der Waals surface area contributed by atoms with Crippen LogP contribution >= 0.6 is 11.3 Å². The highest BCUT2D eigenvalue weighted by Gasteiger charge is 1.98. The Bertz CT molecular complexity index is 565. The molecule has 3 heteroatoms. The minimum atomic E-state index is 0.879. The third-order valence-electron chi connectivity index (χ3n) is 2.73. The van der Waals surface area contributed by atoms with E-state index in [2.05, 4.69) is 50.6 Å². The molecular weight excluding hydrogens is 228 g/mol. The van der Waals surface area contributed by atoms with Crippen molar-refractivity contribution in [3.8, 4) is 11.1 Å². The first-order chi connectivity index (χ1) is 8.42. The van der Waals surface area contributed by atoms with Gasteiger partial charge in [-0.15, -0.1) is 0 Å². The van der Waals surface area contributed by atoms with E-state index in [9.17, 15) is 0 Å². The summed E-state index contributed by atoms with van der Waals surface area (Å²) in [7, 11) is 0. The number of nitrogens with zero attached hydrogens (tertiary/aromatic N) is 2.